The molecule has 1 rings (SSSR count). The molecule has 5 nitrogen and oxygen atoms in total. The zero-order valence-electron chi connectivity index (χ0n) is 11.9. The Bertz CT molecular complexity index is 314. The van der Waals surface area contributed by atoms with Crippen molar-refractivity contribution in [2.24, 2.45) is 0 Å². The van der Waals surface area contributed by atoms with Gasteiger partial charge in [-0.05, 0) is 19.0 Å². The number of hydrogen-bond acceptors (Lipinski definition) is 5. The second-order valence-corrected chi connectivity index (χ2v) is 4.26. The average Bonchev–Trinajstić information content (AvgIpc) is 2.86. The van der Waals surface area contributed by atoms with Crippen molar-refractivity contribution >= 4 is 0 Å². The van der Waals surface area contributed by atoms with Gasteiger partial charge < -0.3 is 23.9 Å². The molecule has 0 saturated heterocycles. The van der Waals surface area contributed by atoms with Gasteiger partial charge in [0.2, 0.25) is 0 Å². The largest absolute Gasteiger partial charge is 0.467 e. The molecule has 110 valence electrons. The molecule has 0 aliphatic carbocycles. The van der Waals surface area contributed by atoms with Crippen LogP contribution in [-0.4, -0.2) is 40.1 Å². The van der Waals surface area contributed by atoms with E-state index in [4.69, 9.17) is 18.6 Å². The van der Waals surface area contributed by atoms with Crippen molar-refractivity contribution in [2.75, 3.05) is 40.1 Å². The highest BCUT2D eigenvalue weighted by molar-refractivity contribution is 5.11. The molecule has 0 saturated carbocycles. The maximum Gasteiger partial charge on any atom is 0.129 e. The number of furan rings is 1. The molecule has 1 aromatic rings. The van der Waals surface area contributed by atoms with Crippen LogP contribution in [0.2, 0.25) is 0 Å². The van der Waals surface area contributed by atoms with Gasteiger partial charge in [0.05, 0.1) is 32.7 Å². The smallest absolute Gasteiger partial charge is 0.129 e. The zero-order valence-corrected chi connectivity index (χ0v) is 11.9. The van der Waals surface area contributed by atoms with Crippen LogP contribution in [0.25, 0.3) is 0 Å². The lowest BCUT2D eigenvalue weighted by Crippen LogP contribution is -2.13. The maximum atomic E-state index is 5.46. The summed E-state index contributed by atoms with van der Waals surface area (Å²) in [6, 6.07) is 2.02. The van der Waals surface area contributed by atoms with Crippen LogP contribution in [0.5, 0.6) is 0 Å². The first kappa shape index (κ1) is 16.2. The second kappa shape index (κ2) is 11.0. The number of nitrogens with one attached hydrogen (secondary N) is 1. The summed E-state index contributed by atoms with van der Waals surface area (Å²) >= 11 is 0. The number of methoxy groups -OCH3 is 1. The van der Waals surface area contributed by atoms with Crippen molar-refractivity contribution in [2.45, 2.75) is 26.5 Å². The highest BCUT2D eigenvalue weighted by Gasteiger charge is 2.01. The predicted octanol–water partition coefficient (Wildman–Crippen LogP) is 1.96. The molecule has 0 aromatic carbocycles. The van der Waals surface area contributed by atoms with Crippen LogP contribution in [0.4, 0.5) is 0 Å². The van der Waals surface area contributed by atoms with Crippen LogP contribution in [-0.2, 0) is 27.4 Å². The lowest BCUT2D eigenvalue weighted by Gasteiger charge is -2.03. The topological polar surface area (TPSA) is 52.9 Å². The average molecular weight is 271 g/mol. The maximum absolute atomic E-state index is 5.46. The van der Waals surface area contributed by atoms with Crippen molar-refractivity contribution in [1.29, 1.82) is 0 Å². The molecular weight excluding hydrogens is 246 g/mol. The molecule has 0 bridgehead atoms. The van der Waals surface area contributed by atoms with E-state index in [1.54, 1.807) is 13.4 Å². The van der Waals surface area contributed by atoms with Crippen molar-refractivity contribution in [1.82, 2.24) is 5.32 Å². The lowest BCUT2D eigenvalue weighted by atomic mass is 10.3. The lowest BCUT2D eigenvalue weighted by molar-refractivity contribution is 0.0162. The molecule has 1 aromatic heterocycles. The summed E-state index contributed by atoms with van der Waals surface area (Å²) in [6.07, 6.45) is 2.91. The van der Waals surface area contributed by atoms with Crippen LogP contribution >= 0.6 is 0 Å². The fourth-order valence-electron chi connectivity index (χ4n) is 1.54. The van der Waals surface area contributed by atoms with Crippen LogP contribution in [0, 0.1) is 0 Å². The van der Waals surface area contributed by atoms with E-state index in [-0.39, 0.29) is 0 Å². The summed E-state index contributed by atoms with van der Waals surface area (Å²) in [6.45, 7) is 6.87. The predicted molar refractivity (Wildman–Crippen MR) is 73.1 cm³/mol. The first-order valence-electron chi connectivity index (χ1n) is 6.78. The van der Waals surface area contributed by atoms with Gasteiger partial charge in [0.25, 0.3) is 0 Å². The Hall–Kier alpha value is -0.880. The molecule has 1 N–H and O–H groups in total. The van der Waals surface area contributed by atoms with Gasteiger partial charge in [-0.15, -0.1) is 0 Å². The third kappa shape index (κ3) is 8.00. The minimum atomic E-state index is 0.488. The zero-order chi connectivity index (χ0) is 13.8. The van der Waals surface area contributed by atoms with Crippen molar-refractivity contribution in [3.63, 3.8) is 0 Å². The summed E-state index contributed by atoms with van der Waals surface area (Å²) in [4.78, 5) is 0. The van der Waals surface area contributed by atoms with E-state index in [0.29, 0.717) is 33.0 Å². The van der Waals surface area contributed by atoms with Gasteiger partial charge in [-0.2, -0.15) is 0 Å². The highest BCUT2D eigenvalue weighted by Crippen LogP contribution is 2.08. The summed E-state index contributed by atoms with van der Waals surface area (Å²) in [7, 11) is 1.66. The van der Waals surface area contributed by atoms with Crippen LogP contribution in [0.3, 0.4) is 0 Å². The fourth-order valence-corrected chi connectivity index (χ4v) is 1.54. The molecule has 0 spiro atoms. The second-order valence-electron chi connectivity index (χ2n) is 4.26. The minimum absolute atomic E-state index is 0.488. The van der Waals surface area contributed by atoms with E-state index in [1.807, 2.05) is 6.07 Å². The third-order valence-electron chi connectivity index (χ3n) is 2.51. The number of hydrogen-bond donors (Lipinski definition) is 1. The van der Waals surface area contributed by atoms with Crippen molar-refractivity contribution in [3.8, 4) is 0 Å². The first-order chi connectivity index (χ1) is 9.36. The van der Waals surface area contributed by atoms with E-state index in [1.165, 1.54) is 0 Å². The van der Waals surface area contributed by atoms with Gasteiger partial charge in [0, 0.05) is 19.2 Å². The Morgan fingerprint density at radius 3 is 2.74 bits per heavy atom. The van der Waals surface area contributed by atoms with Crippen molar-refractivity contribution in [3.05, 3.63) is 23.7 Å². The van der Waals surface area contributed by atoms with Gasteiger partial charge in [-0.1, -0.05) is 6.92 Å². The van der Waals surface area contributed by atoms with E-state index in [9.17, 15) is 0 Å². The van der Waals surface area contributed by atoms with Gasteiger partial charge in [0.15, 0.2) is 0 Å². The molecule has 0 fully saturated rings. The van der Waals surface area contributed by atoms with Gasteiger partial charge in [-0.3, -0.25) is 0 Å². The fraction of sp³-hybridized carbons (Fsp3) is 0.714. The Balaban J connectivity index is 2.03. The molecule has 0 radical (unpaired) electrons. The molecule has 0 aliphatic rings. The molecule has 0 aliphatic heterocycles. The Kier molecular flexibility index (Phi) is 9.36. The van der Waals surface area contributed by atoms with Gasteiger partial charge in [-0.25, -0.2) is 0 Å². The molecular formula is C14H25NO4. The molecule has 1 heterocycles. The SMILES string of the molecule is CCCNCc1coc(COCCOCCOC)c1. The van der Waals surface area contributed by atoms with E-state index in [2.05, 4.69) is 12.2 Å². The first-order valence-corrected chi connectivity index (χ1v) is 6.78. The van der Waals surface area contributed by atoms with Crippen LogP contribution in [0.1, 0.15) is 24.7 Å². The monoisotopic (exact) mass is 271 g/mol. The van der Waals surface area contributed by atoms with Crippen LogP contribution in [0.15, 0.2) is 16.7 Å². The normalized spacial score (nSPS) is 11.1. The minimum Gasteiger partial charge on any atom is -0.467 e. The number of ether oxygens (including phenoxy) is 3. The Labute approximate surface area is 115 Å². The standard InChI is InChI=1S/C14H25NO4/c1-3-4-15-10-13-9-14(19-11-13)12-18-8-7-17-6-5-16-2/h9,11,15H,3-8,10,12H2,1-2H3. The van der Waals surface area contributed by atoms with Gasteiger partial charge >= 0.3 is 0 Å². The summed E-state index contributed by atoms with van der Waals surface area (Å²) < 4.78 is 21.0. The Morgan fingerprint density at radius 2 is 1.95 bits per heavy atom. The third-order valence-corrected chi connectivity index (χ3v) is 2.51. The molecule has 0 unspecified atom stereocenters. The van der Waals surface area contributed by atoms with E-state index in [0.717, 1.165) is 30.8 Å². The van der Waals surface area contributed by atoms with Crippen molar-refractivity contribution < 1.29 is 18.6 Å². The molecule has 19 heavy (non-hydrogen) atoms. The number of rotatable bonds is 12. The quantitative estimate of drug-likeness (QED) is 0.589. The Morgan fingerprint density at radius 1 is 1.16 bits per heavy atom. The molecule has 0 amide bonds. The van der Waals surface area contributed by atoms with Gasteiger partial charge in [0.1, 0.15) is 12.4 Å². The highest BCUT2D eigenvalue weighted by atomic mass is 16.5. The molecule has 5 heteroatoms. The van der Waals surface area contributed by atoms with Crippen LogP contribution < -0.4 is 5.32 Å². The van der Waals surface area contributed by atoms with E-state index < -0.39 is 0 Å². The molecule has 0 atom stereocenters. The summed E-state index contributed by atoms with van der Waals surface area (Å²) in [5.41, 5.74) is 1.16. The van der Waals surface area contributed by atoms with E-state index >= 15 is 0 Å². The summed E-state index contributed by atoms with van der Waals surface area (Å²) in [5, 5.41) is 3.33. The summed E-state index contributed by atoms with van der Waals surface area (Å²) in [5.74, 6) is 0.852.